The fraction of sp³-hybridized carbons (Fsp3) is 0.0714. The summed E-state index contributed by atoms with van der Waals surface area (Å²) in [5.41, 5.74) is 0.948. The zero-order valence-electron chi connectivity index (χ0n) is 10.6. The maximum absolute atomic E-state index is 12.0. The van der Waals surface area contributed by atoms with Crippen molar-refractivity contribution in [1.82, 2.24) is 9.97 Å². The molecule has 0 aliphatic heterocycles. The first-order valence-corrected chi connectivity index (χ1v) is 6.80. The van der Waals surface area contributed by atoms with Crippen LogP contribution in [0.15, 0.2) is 41.5 Å². The van der Waals surface area contributed by atoms with Crippen molar-refractivity contribution in [3.8, 4) is 0 Å². The summed E-state index contributed by atoms with van der Waals surface area (Å²) in [4.78, 5) is 32.0. The van der Waals surface area contributed by atoms with Gasteiger partial charge in [-0.05, 0) is 37.3 Å². The molecule has 0 saturated heterocycles. The minimum atomic E-state index is -0.224. The number of rotatable bonds is 2. The summed E-state index contributed by atoms with van der Waals surface area (Å²) < 4.78 is 0. The van der Waals surface area contributed by atoms with E-state index in [1.165, 1.54) is 17.7 Å². The Morgan fingerprint density at radius 2 is 2.15 bits per heavy atom. The van der Waals surface area contributed by atoms with Crippen molar-refractivity contribution in [2.24, 2.45) is 0 Å². The summed E-state index contributed by atoms with van der Waals surface area (Å²) in [6.07, 6.45) is 1.36. The molecule has 3 rings (SSSR count). The van der Waals surface area contributed by atoms with Gasteiger partial charge in [0.2, 0.25) is 0 Å². The van der Waals surface area contributed by atoms with Gasteiger partial charge in [-0.15, -0.1) is 11.3 Å². The molecule has 0 fully saturated rings. The van der Waals surface area contributed by atoms with Crippen LogP contribution in [0.3, 0.4) is 0 Å². The summed E-state index contributed by atoms with van der Waals surface area (Å²) in [5.74, 6) is -0.178. The van der Waals surface area contributed by atoms with Gasteiger partial charge < -0.3 is 10.3 Å². The normalized spacial score (nSPS) is 10.7. The zero-order chi connectivity index (χ0) is 14.1. The molecule has 2 aromatic heterocycles. The van der Waals surface area contributed by atoms with Crippen LogP contribution in [0.25, 0.3) is 10.9 Å². The molecule has 0 aliphatic carbocycles. The Morgan fingerprint density at radius 1 is 1.30 bits per heavy atom. The van der Waals surface area contributed by atoms with Crippen molar-refractivity contribution < 1.29 is 4.79 Å². The van der Waals surface area contributed by atoms with Gasteiger partial charge in [0.05, 0.1) is 22.1 Å². The van der Waals surface area contributed by atoms with Gasteiger partial charge in [0.25, 0.3) is 11.5 Å². The Hall–Kier alpha value is -2.47. The Morgan fingerprint density at radius 3 is 2.90 bits per heavy atom. The number of thiophene rings is 1. The number of nitrogens with zero attached hydrogens (tertiary/aromatic N) is 1. The number of benzene rings is 1. The lowest BCUT2D eigenvalue weighted by Crippen LogP contribution is -2.11. The van der Waals surface area contributed by atoms with Crippen LogP contribution in [-0.4, -0.2) is 15.9 Å². The smallest absolute Gasteiger partial charge is 0.265 e. The Kier molecular flexibility index (Phi) is 3.08. The molecule has 0 saturated carbocycles. The van der Waals surface area contributed by atoms with Crippen LogP contribution in [0.2, 0.25) is 0 Å². The lowest BCUT2D eigenvalue weighted by Gasteiger charge is -2.04. The molecule has 0 spiro atoms. The highest BCUT2D eigenvalue weighted by molar-refractivity contribution is 7.14. The number of hydrogen-bond donors (Lipinski definition) is 2. The predicted octanol–water partition coefficient (Wildman–Crippen LogP) is 2.55. The highest BCUT2D eigenvalue weighted by atomic mass is 32.1. The molecule has 2 heterocycles. The summed E-state index contributed by atoms with van der Waals surface area (Å²) in [6.45, 7) is 1.95. The lowest BCUT2D eigenvalue weighted by molar-refractivity contribution is 0.103. The second-order valence-corrected chi connectivity index (χ2v) is 5.62. The van der Waals surface area contributed by atoms with E-state index in [0.29, 0.717) is 21.5 Å². The average Bonchev–Trinajstić information content (AvgIpc) is 2.86. The third-order valence-electron chi connectivity index (χ3n) is 2.86. The van der Waals surface area contributed by atoms with E-state index >= 15 is 0 Å². The van der Waals surface area contributed by atoms with Crippen LogP contribution < -0.4 is 10.9 Å². The van der Waals surface area contributed by atoms with Gasteiger partial charge in [-0.25, -0.2) is 4.98 Å². The second-order valence-electron chi connectivity index (χ2n) is 4.33. The maximum atomic E-state index is 12.0. The van der Waals surface area contributed by atoms with Gasteiger partial charge >= 0.3 is 0 Å². The van der Waals surface area contributed by atoms with Gasteiger partial charge in [0, 0.05) is 10.6 Å². The van der Waals surface area contributed by atoms with Crippen molar-refractivity contribution >= 4 is 33.8 Å². The van der Waals surface area contributed by atoms with E-state index in [4.69, 9.17) is 0 Å². The summed E-state index contributed by atoms with van der Waals surface area (Å²) in [5, 5.41) is 3.23. The van der Waals surface area contributed by atoms with Gasteiger partial charge in [-0.1, -0.05) is 0 Å². The maximum Gasteiger partial charge on any atom is 0.265 e. The van der Waals surface area contributed by atoms with Crippen LogP contribution in [-0.2, 0) is 0 Å². The fourth-order valence-corrected chi connectivity index (χ4v) is 2.66. The zero-order valence-corrected chi connectivity index (χ0v) is 11.5. The largest absolute Gasteiger partial charge is 0.321 e. The molecule has 1 amide bonds. The second kappa shape index (κ2) is 4.90. The van der Waals surface area contributed by atoms with Crippen molar-refractivity contribution in [3.05, 3.63) is 56.8 Å². The number of aryl methyl sites for hydroxylation is 1. The van der Waals surface area contributed by atoms with E-state index in [0.717, 1.165) is 4.88 Å². The molecule has 0 unspecified atom stereocenters. The molecular weight excluding hydrogens is 274 g/mol. The van der Waals surface area contributed by atoms with E-state index in [1.807, 2.05) is 13.0 Å². The first-order chi connectivity index (χ1) is 9.63. The highest BCUT2D eigenvalue weighted by Gasteiger charge is 2.09. The Labute approximate surface area is 118 Å². The standard InChI is InChI=1S/C14H11N3O2S/c1-8-2-5-12(20-8)14(19)17-9-3-4-11-10(6-9)13(18)16-7-15-11/h2-7H,1H3,(H,17,19)(H,15,16,18). The van der Waals surface area contributed by atoms with Gasteiger partial charge in [-0.2, -0.15) is 0 Å². The van der Waals surface area contributed by atoms with Crippen LogP contribution in [0.1, 0.15) is 14.5 Å². The highest BCUT2D eigenvalue weighted by Crippen LogP contribution is 2.18. The van der Waals surface area contributed by atoms with E-state index in [2.05, 4.69) is 15.3 Å². The van der Waals surface area contributed by atoms with Crippen LogP contribution in [0.4, 0.5) is 5.69 Å². The fourth-order valence-electron chi connectivity index (χ4n) is 1.90. The molecule has 100 valence electrons. The topological polar surface area (TPSA) is 74.8 Å². The Bertz CT molecular complexity index is 851. The lowest BCUT2D eigenvalue weighted by atomic mass is 10.2. The minimum Gasteiger partial charge on any atom is -0.321 e. The molecular formula is C14H11N3O2S. The minimum absolute atomic E-state index is 0.178. The molecule has 3 aromatic rings. The first-order valence-electron chi connectivity index (χ1n) is 5.99. The molecule has 2 N–H and O–H groups in total. The van der Waals surface area contributed by atoms with Crippen molar-refractivity contribution in [1.29, 1.82) is 0 Å². The quantitative estimate of drug-likeness (QED) is 0.759. The van der Waals surface area contributed by atoms with E-state index < -0.39 is 0 Å². The molecule has 0 atom stereocenters. The number of H-pyrrole nitrogens is 1. The molecule has 5 nitrogen and oxygen atoms in total. The van der Waals surface area contributed by atoms with Crippen molar-refractivity contribution in [3.63, 3.8) is 0 Å². The summed E-state index contributed by atoms with van der Waals surface area (Å²) in [7, 11) is 0. The SMILES string of the molecule is Cc1ccc(C(=O)Nc2ccc3nc[nH]c(=O)c3c2)s1. The average molecular weight is 285 g/mol. The molecule has 6 heteroatoms. The van der Waals surface area contributed by atoms with E-state index in [9.17, 15) is 9.59 Å². The van der Waals surface area contributed by atoms with Gasteiger partial charge in [-0.3, -0.25) is 9.59 Å². The molecule has 20 heavy (non-hydrogen) atoms. The molecule has 1 aromatic carbocycles. The van der Waals surface area contributed by atoms with Crippen LogP contribution in [0, 0.1) is 6.92 Å². The molecule has 0 aliphatic rings. The molecule has 0 bridgehead atoms. The third kappa shape index (κ3) is 2.33. The van der Waals surface area contributed by atoms with E-state index in [-0.39, 0.29) is 11.5 Å². The number of fused-ring (bicyclic) bond motifs is 1. The number of amides is 1. The number of aromatic amines is 1. The van der Waals surface area contributed by atoms with Gasteiger partial charge in [0.1, 0.15) is 0 Å². The predicted molar refractivity (Wildman–Crippen MR) is 79.4 cm³/mol. The number of carbonyl (C=O) groups excluding carboxylic acids is 1. The van der Waals surface area contributed by atoms with Crippen LogP contribution >= 0.6 is 11.3 Å². The summed E-state index contributed by atoms with van der Waals surface area (Å²) >= 11 is 1.43. The number of aromatic nitrogens is 2. The van der Waals surface area contributed by atoms with Crippen molar-refractivity contribution in [2.45, 2.75) is 6.92 Å². The van der Waals surface area contributed by atoms with Crippen LogP contribution in [0.5, 0.6) is 0 Å². The number of hydrogen-bond acceptors (Lipinski definition) is 4. The number of nitrogens with one attached hydrogen (secondary N) is 2. The number of anilines is 1. The summed E-state index contributed by atoms with van der Waals surface area (Å²) in [6, 6.07) is 8.74. The molecule has 0 radical (unpaired) electrons. The van der Waals surface area contributed by atoms with Gasteiger partial charge in [0.15, 0.2) is 0 Å². The third-order valence-corrected chi connectivity index (χ3v) is 3.86. The first kappa shape index (κ1) is 12.6. The number of carbonyl (C=O) groups is 1. The van der Waals surface area contributed by atoms with E-state index in [1.54, 1.807) is 24.3 Å². The Balaban J connectivity index is 1.93. The monoisotopic (exact) mass is 285 g/mol. The van der Waals surface area contributed by atoms with Crippen molar-refractivity contribution in [2.75, 3.05) is 5.32 Å².